The van der Waals surface area contributed by atoms with Gasteiger partial charge in [0.05, 0.1) is 11.8 Å². The lowest BCUT2D eigenvalue weighted by Crippen LogP contribution is -2.27. The van der Waals surface area contributed by atoms with Crippen molar-refractivity contribution in [1.29, 1.82) is 0 Å². The zero-order valence-corrected chi connectivity index (χ0v) is 17.6. The lowest BCUT2D eigenvalue weighted by atomic mass is 10.2. The third kappa shape index (κ3) is 5.14. The van der Waals surface area contributed by atoms with E-state index in [0.29, 0.717) is 27.6 Å². The van der Waals surface area contributed by atoms with Gasteiger partial charge in [-0.1, -0.05) is 41.6 Å². The van der Waals surface area contributed by atoms with Crippen molar-refractivity contribution in [2.45, 2.75) is 24.8 Å². The number of nitrogens with zero attached hydrogens (tertiary/aromatic N) is 2. The minimum Gasteiger partial charge on any atom is -0.484 e. The van der Waals surface area contributed by atoms with Gasteiger partial charge < -0.3 is 18.9 Å². The number of furan rings is 1. The van der Waals surface area contributed by atoms with Crippen LogP contribution in [0, 0.1) is 0 Å². The van der Waals surface area contributed by atoms with Crippen LogP contribution in [0.2, 0.25) is 5.02 Å². The van der Waals surface area contributed by atoms with Crippen LogP contribution in [0.3, 0.4) is 0 Å². The van der Waals surface area contributed by atoms with Crippen molar-refractivity contribution in [3.63, 3.8) is 0 Å². The maximum absolute atomic E-state index is 12.3. The lowest BCUT2D eigenvalue weighted by molar-refractivity contribution is -0.119. The van der Waals surface area contributed by atoms with Gasteiger partial charge in [0.15, 0.2) is 6.61 Å². The Kier molecular flexibility index (Phi) is 6.25. The van der Waals surface area contributed by atoms with Crippen molar-refractivity contribution in [2.24, 2.45) is 0 Å². The van der Waals surface area contributed by atoms with E-state index in [-0.39, 0.29) is 24.3 Å². The number of hydrogen-bond donors (Lipinski definition) is 1. The Morgan fingerprint density at radius 2 is 1.97 bits per heavy atom. The highest BCUT2D eigenvalue weighted by Crippen LogP contribution is 2.24. The van der Waals surface area contributed by atoms with Gasteiger partial charge >= 0.3 is 0 Å². The highest BCUT2D eigenvalue weighted by atomic mass is 35.5. The van der Waals surface area contributed by atoms with Crippen molar-refractivity contribution < 1.29 is 18.4 Å². The maximum Gasteiger partial charge on any atom is 0.277 e. The molecule has 0 fully saturated rings. The van der Waals surface area contributed by atoms with Crippen LogP contribution in [0.5, 0.6) is 5.75 Å². The molecule has 154 valence electrons. The summed E-state index contributed by atoms with van der Waals surface area (Å²) in [6, 6.07) is 16.4. The minimum absolute atomic E-state index is 0.129. The Morgan fingerprint density at radius 3 is 2.77 bits per heavy atom. The summed E-state index contributed by atoms with van der Waals surface area (Å²) in [6.07, 6.45) is 0. The van der Waals surface area contributed by atoms with Crippen molar-refractivity contribution in [2.75, 3.05) is 5.75 Å². The number of thioether (sulfide) groups is 1. The molecule has 2 aromatic heterocycles. The summed E-state index contributed by atoms with van der Waals surface area (Å²) >= 11 is 7.00. The molecule has 1 atom stereocenters. The zero-order chi connectivity index (χ0) is 20.9. The second-order valence-electron chi connectivity index (χ2n) is 6.47. The number of fused-ring (bicyclic) bond motifs is 1. The molecule has 0 aliphatic rings. The molecule has 4 aromatic rings. The lowest BCUT2D eigenvalue weighted by Gasteiger charge is -2.10. The average molecular weight is 444 g/mol. The Balaban J connectivity index is 1.25. The molecule has 0 saturated heterocycles. The highest BCUT2D eigenvalue weighted by molar-refractivity contribution is 7.99. The zero-order valence-electron chi connectivity index (χ0n) is 16.0. The molecule has 2 heterocycles. The monoisotopic (exact) mass is 443 g/mol. The summed E-state index contributed by atoms with van der Waals surface area (Å²) in [7, 11) is 0. The quantitative estimate of drug-likeness (QED) is 0.382. The SMILES string of the molecule is CC(NC(=O)CSc1nnc(COc2ccc(Cl)cc2)o1)c1cc2ccccc2o1. The molecule has 0 saturated carbocycles. The van der Waals surface area contributed by atoms with Gasteiger partial charge in [0.2, 0.25) is 5.91 Å². The molecule has 0 radical (unpaired) electrons. The third-order valence-electron chi connectivity index (χ3n) is 4.20. The number of carbonyl (C=O) groups excluding carboxylic acids is 1. The number of ether oxygens (including phenoxy) is 1. The fourth-order valence-electron chi connectivity index (χ4n) is 2.73. The Labute approximate surface area is 181 Å². The Hall–Kier alpha value is -2.97. The maximum atomic E-state index is 12.3. The van der Waals surface area contributed by atoms with Crippen molar-refractivity contribution in [3.05, 3.63) is 71.3 Å². The molecule has 2 aromatic carbocycles. The van der Waals surface area contributed by atoms with E-state index in [2.05, 4.69) is 15.5 Å². The van der Waals surface area contributed by atoms with Gasteiger partial charge in [0.1, 0.15) is 17.1 Å². The second-order valence-corrected chi connectivity index (χ2v) is 7.83. The van der Waals surface area contributed by atoms with Crippen LogP contribution in [0.4, 0.5) is 0 Å². The Morgan fingerprint density at radius 1 is 1.17 bits per heavy atom. The number of halogens is 1. The Bertz CT molecular complexity index is 1110. The van der Waals surface area contributed by atoms with E-state index in [4.69, 9.17) is 25.2 Å². The molecule has 30 heavy (non-hydrogen) atoms. The van der Waals surface area contributed by atoms with E-state index in [1.807, 2.05) is 37.3 Å². The smallest absolute Gasteiger partial charge is 0.277 e. The largest absolute Gasteiger partial charge is 0.484 e. The highest BCUT2D eigenvalue weighted by Gasteiger charge is 2.16. The first-order valence-electron chi connectivity index (χ1n) is 9.18. The number of para-hydroxylation sites is 1. The number of hydrogen-bond acceptors (Lipinski definition) is 7. The molecule has 1 amide bonds. The van der Waals surface area contributed by atoms with E-state index < -0.39 is 0 Å². The third-order valence-corrected chi connectivity index (χ3v) is 5.27. The standard InChI is InChI=1S/C21H18ClN3O4S/c1-13(18-10-14-4-2-3-5-17(14)28-18)23-19(26)12-30-21-25-24-20(29-21)11-27-16-8-6-15(22)7-9-16/h2-10,13H,11-12H2,1H3,(H,23,26). The predicted octanol–water partition coefficient (Wildman–Crippen LogP) is 5.02. The molecule has 4 rings (SSSR count). The number of benzene rings is 2. The number of aromatic nitrogens is 2. The second kappa shape index (κ2) is 9.23. The summed E-state index contributed by atoms with van der Waals surface area (Å²) in [5, 5.41) is 12.7. The molecule has 1 N–H and O–H groups in total. The first-order chi connectivity index (χ1) is 14.6. The number of carbonyl (C=O) groups is 1. The number of rotatable bonds is 8. The van der Waals surface area contributed by atoms with Crippen LogP contribution in [-0.2, 0) is 11.4 Å². The van der Waals surface area contributed by atoms with Crippen molar-refractivity contribution in [1.82, 2.24) is 15.5 Å². The number of amides is 1. The summed E-state index contributed by atoms with van der Waals surface area (Å²) < 4.78 is 16.8. The van der Waals surface area contributed by atoms with Crippen LogP contribution in [0.1, 0.15) is 24.6 Å². The van der Waals surface area contributed by atoms with Crippen LogP contribution in [0.15, 0.2) is 68.7 Å². The molecular weight excluding hydrogens is 426 g/mol. The normalized spacial score (nSPS) is 12.1. The fourth-order valence-corrected chi connectivity index (χ4v) is 3.45. The van der Waals surface area contributed by atoms with Gasteiger partial charge in [-0.2, -0.15) is 0 Å². The molecular formula is C21H18ClN3O4S. The van der Waals surface area contributed by atoms with Crippen LogP contribution < -0.4 is 10.1 Å². The fraction of sp³-hybridized carbons (Fsp3) is 0.190. The first kappa shape index (κ1) is 20.3. The molecule has 0 aliphatic carbocycles. The van der Waals surface area contributed by atoms with E-state index in [0.717, 1.165) is 22.7 Å². The average Bonchev–Trinajstić information content (AvgIpc) is 3.39. The van der Waals surface area contributed by atoms with Crippen molar-refractivity contribution in [3.8, 4) is 5.75 Å². The van der Waals surface area contributed by atoms with Crippen molar-refractivity contribution >= 4 is 40.2 Å². The van der Waals surface area contributed by atoms with Crippen LogP contribution >= 0.6 is 23.4 Å². The van der Waals surface area contributed by atoms with Crippen LogP contribution in [-0.4, -0.2) is 21.9 Å². The summed E-state index contributed by atoms with van der Waals surface area (Å²) in [5.74, 6) is 1.65. The van der Waals surface area contributed by atoms with Gasteiger partial charge in [-0.15, -0.1) is 10.2 Å². The summed E-state index contributed by atoms with van der Waals surface area (Å²) in [5.41, 5.74) is 0.794. The van der Waals surface area contributed by atoms with Gasteiger partial charge in [-0.25, -0.2) is 0 Å². The van der Waals surface area contributed by atoms with Gasteiger partial charge in [-0.05, 0) is 43.3 Å². The van der Waals surface area contributed by atoms with Gasteiger partial charge in [0.25, 0.3) is 11.1 Å². The molecule has 7 nitrogen and oxygen atoms in total. The predicted molar refractivity (Wildman–Crippen MR) is 114 cm³/mol. The number of nitrogens with one attached hydrogen (secondary N) is 1. The molecule has 0 spiro atoms. The van der Waals surface area contributed by atoms with Gasteiger partial charge in [0, 0.05) is 10.4 Å². The summed E-state index contributed by atoms with van der Waals surface area (Å²) in [6.45, 7) is 2.00. The first-order valence-corrected chi connectivity index (χ1v) is 10.5. The molecule has 0 aliphatic heterocycles. The summed E-state index contributed by atoms with van der Waals surface area (Å²) in [4.78, 5) is 12.3. The molecule has 0 bridgehead atoms. The topological polar surface area (TPSA) is 90.4 Å². The van der Waals surface area contributed by atoms with E-state index >= 15 is 0 Å². The van der Waals surface area contributed by atoms with Gasteiger partial charge in [-0.3, -0.25) is 4.79 Å². The van der Waals surface area contributed by atoms with Crippen LogP contribution in [0.25, 0.3) is 11.0 Å². The molecule has 9 heteroatoms. The minimum atomic E-state index is -0.253. The van der Waals surface area contributed by atoms with E-state index in [1.165, 1.54) is 0 Å². The molecule has 1 unspecified atom stereocenters. The van der Waals surface area contributed by atoms with E-state index in [1.54, 1.807) is 24.3 Å². The van der Waals surface area contributed by atoms with E-state index in [9.17, 15) is 4.79 Å².